The summed E-state index contributed by atoms with van der Waals surface area (Å²) >= 11 is 1.31. The minimum atomic E-state index is -0.183. The number of nitrogens with one attached hydrogen (secondary N) is 1. The van der Waals surface area contributed by atoms with Crippen LogP contribution in [0, 0.1) is 0 Å². The van der Waals surface area contributed by atoms with Crippen molar-refractivity contribution in [2.24, 2.45) is 0 Å². The Morgan fingerprint density at radius 1 is 1.43 bits per heavy atom. The predicted molar refractivity (Wildman–Crippen MR) is 85.1 cm³/mol. The third kappa shape index (κ3) is 5.86. The lowest BCUT2D eigenvalue weighted by Gasteiger charge is -2.10. The number of rotatable bonds is 10. The van der Waals surface area contributed by atoms with E-state index >= 15 is 0 Å². The van der Waals surface area contributed by atoms with Crippen molar-refractivity contribution in [3.8, 4) is 0 Å². The maximum atomic E-state index is 12.0. The van der Waals surface area contributed by atoms with Gasteiger partial charge >= 0.3 is 0 Å². The van der Waals surface area contributed by atoms with Gasteiger partial charge in [0, 0.05) is 33.9 Å². The van der Waals surface area contributed by atoms with Crippen molar-refractivity contribution in [3.63, 3.8) is 0 Å². The predicted octanol–water partition coefficient (Wildman–Crippen LogP) is 0.964. The van der Waals surface area contributed by atoms with Crippen molar-refractivity contribution >= 4 is 28.2 Å². The number of nitrogen functional groups attached to an aromatic ring is 1. The Kier molecular flexibility index (Phi) is 8.03. The molecule has 0 saturated heterocycles. The molecule has 21 heavy (non-hydrogen) atoms. The molecule has 0 fully saturated rings. The topological polar surface area (TPSA) is 89.7 Å². The van der Waals surface area contributed by atoms with E-state index in [2.05, 4.69) is 10.3 Å². The van der Waals surface area contributed by atoms with Gasteiger partial charge in [-0.2, -0.15) is 0 Å². The zero-order chi connectivity index (χ0) is 15.7. The summed E-state index contributed by atoms with van der Waals surface area (Å²) < 4.78 is 10.2. The third-order valence-electron chi connectivity index (χ3n) is 2.83. The maximum absolute atomic E-state index is 12.0. The van der Waals surface area contributed by atoms with Gasteiger partial charge in [-0.3, -0.25) is 4.79 Å². The first-order chi connectivity index (χ1) is 10.1. The molecule has 0 spiro atoms. The molecule has 0 aliphatic heterocycles. The quantitative estimate of drug-likeness (QED) is 0.625. The van der Waals surface area contributed by atoms with Crippen LogP contribution in [0.5, 0.6) is 0 Å². The van der Waals surface area contributed by atoms with E-state index < -0.39 is 0 Å². The summed E-state index contributed by atoms with van der Waals surface area (Å²) in [5.74, 6) is 0.0989. The molecule has 1 amide bonds. The van der Waals surface area contributed by atoms with Crippen molar-refractivity contribution < 1.29 is 14.3 Å². The molecule has 1 rings (SSSR count). The van der Waals surface area contributed by atoms with E-state index in [1.54, 1.807) is 7.11 Å². The number of hydrogen-bond acceptors (Lipinski definition) is 7. The van der Waals surface area contributed by atoms with E-state index in [-0.39, 0.29) is 11.7 Å². The van der Waals surface area contributed by atoms with Crippen LogP contribution in [-0.4, -0.2) is 58.0 Å². The Morgan fingerprint density at radius 2 is 2.19 bits per heavy atom. The Balaban J connectivity index is 2.33. The van der Waals surface area contributed by atoms with Crippen molar-refractivity contribution in [1.82, 2.24) is 10.3 Å². The molecule has 0 atom stereocenters. The van der Waals surface area contributed by atoms with Crippen molar-refractivity contribution in [1.29, 1.82) is 0 Å². The molecule has 0 bridgehead atoms. The zero-order valence-electron chi connectivity index (χ0n) is 12.8. The second kappa shape index (κ2) is 9.54. The lowest BCUT2D eigenvalue weighted by Crippen LogP contribution is -2.25. The molecule has 1 aromatic heterocycles. The Bertz CT molecular complexity index is 439. The van der Waals surface area contributed by atoms with Gasteiger partial charge in [-0.25, -0.2) is 4.98 Å². The molecule has 1 aromatic rings. The summed E-state index contributed by atoms with van der Waals surface area (Å²) in [5, 5.41) is 3.58. The minimum absolute atomic E-state index is 0.183. The van der Waals surface area contributed by atoms with Crippen LogP contribution in [0.4, 0.5) is 10.9 Å². The van der Waals surface area contributed by atoms with Crippen molar-refractivity contribution in [3.05, 3.63) is 4.88 Å². The average Bonchev–Trinajstić information content (AvgIpc) is 2.87. The number of methoxy groups -OCH3 is 1. The number of carbonyl (C=O) groups excluding carboxylic acids is 1. The van der Waals surface area contributed by atoms with Gasteiger partial charge in [0.25, 0.3) is 5.91 Å². The van der Waals surface area contributed by atoms with Crippen LogP contribution in [-0.2, 0) is 9.47 Å². The average molecular weight is 316 g/mol. The molecule has 0 saturated carbocycles. The first kappa shape index (κ1) is 17.7. The van der Waals surface area contributed by atoms with Gasteiger partial charge in [0.2, 0.25) is 0 Å². The summed E-state index contributed by atoms with van der Waals surface area (Å²) in [6, 6.07) is 0. The van der Waals surface area contributed by atoms with E-state index in [0.29, 0.717) is 31.2 Å². The summed E-state index contributed by atoms with van der Waals surface area (Å²) in [6.45, 7) is 5.11. The first-order valence-corrected chi connectivity index (χ1v) is 7.74. The maximum Gasteiger partial charge on any atom is 0.265 e. The molecule has 3 N–H and O–H groups in total. The fraction of sp³-hybridized carbons (Fsp3) is 0.692. The highest BCUT2D eigenvalue weighted by Gasteiger charge is 2.17. The Hall–Kier alpha value is -1.38. The fourth-order valence-electron chi connectivity index (χ4n) is 1.48. The lowest BCUT2D eigenvalue weighted by molar-refractivity contribution is 0.0688. The Labute approximate surface area is 129 Å². The molecule has 1 heterocycles. The van der Waals surface area contributed by atoms with Crippen LogP contribution in [0.1, 0.15) is 23.0 Å². The van der Waals surface area contributed by atoms with Gasteiger partial charge in [0.05, 0.1) is 13.2 Å². The van der Waals surface area contributed by atoms with Gasteiger partial charge in [-0.05, 0) is 13.3 Å². The largest absolute Gasteiger partial charge is 0.382 e. The smallest absolute Gasteiger partial charge is 0.265 e. The highest BCUT2D eigenvalue weighted by atomic mass is 32.1. The number of carbonyl (C=O) groups is 1. The van der Waals surface area contributed by atoms with Gasteiger partial charge in [0.15, 0.2) is 5.13 Å². The van der Waals surface area contributed by atoms with Crippen LogP contribution < -0.4 is 16.0 Å². The number of thiazole rings is 1. The zero-order valence-corrected chi connectivity index (χ0v) is 13.7. The van der Waals surface area contributed by atoms with Crippen molar-refractivity contribution in [2.45, 2.75) is 13.3 Å². The second-order valence-corrected chi connectivity index (χ2v) is 5.42. The summed E-state index contributed by atoms with van der Waals surface area (Å²) in [6.07, 6.45) is 0.746. The van der Waals surface area contributed by atoms with E-state index in [9.17, 15) is 4.79 Å². The fourth-order valence-corrected chi connectivity index (χ4v) is 2.41. The third-order valence-corrected chi connectivity index (χ3v) is 4.02. The van der Waals surface area contributed by atoms with Gasteiger partial charge in [-0.15, -0.1) is 0 Å². The van der Waals surface area contributed by atoms with Gasteiger partial charge < -0.3 is 25.4 Å². The number of aromatic nitrogens is 1. The highest BCUT2D eigenvalue weighted by molar-refractivity contribution is 7.18. The number of ether oxygens (including phenoxy) is 2. The summed E-state index contributed by atoms with van der Waals surface area (Å²) in [4.78, 5) is 18.6. The highest BCUT2D eigenvalue weighted by Crippen LogP contribution is 2.27. The molecule has 0 aliphatic carbocycles. The number of hydrogen-bond donors (Lipinski definition) is 2. The second-order valence-electron chi connectivity index (χ2n) is 4.44. The Morgan fingerprint density at radius 3 is 2.86 bits per heavy atom. The normalized spacial score (nSPS) is 10.6. The molecule has 8 heteroatoms. The molecular formula is C13H24N4O3S. The lowest BCUT2D eigenvalue weighted by atomic mass is 10.4. The number of anilines is 2. The molecule has 0 radical (unpaired) electrons. The van der Waals surface area contributed by atoms with Crippen LogP contribution in [0.25, 0.3) is 0 Å². The minimum Gasteiger partial charge on any atom is -0.382 e. The SMILES string of the molecule is CCN(C)c1nc(N)c(C(=O)NCCCOCCOC)s1. The van der Waals surface area contributed by atoms with E-state index in [1.165, 1.54) is 11.3 Å². The summed E-state index contributed by atoms with van der Waals surface area (Å²) in [7, 11) is 3.55. The van der Waals surface area contributed by atoms with Crippen molar-refractivity contribution in [2.75, 3.05) is 57.7 Å². The first-order valence-electron chi connectivity index (χ1n) is 6.92. The molecule has 0 aromatic carbocycles. The molecular weight excluding hydrogens is 292 g/mol. The van der Waals surface area contributed by atoms with Crippen LogP contribution in [0.3, 0.4) is 0 Å². The standard InChI is InChI=1S/C13H24N4O3S/c1-4-17(2)13-16-11(14)10(21-13)12(18)15-6-5-7-20-9-8-19-3/h4-9,14H2,1-3H3,(H,15,18). The summed E-state index contributed by atoms with van der Waals surface area (Å²) in [5.41, 5.74) is 5.79. The molecule has 120 valence electrons. The van der Waals surface area contributed by atoms with Gasteiger partial charge in [-0.1, -0.05) is 11.3 Å². The number of nitrogens with two attached hydrogens (primary N) is 1. The monoisotopic (exact) mass is 316 g/mol. The van der Waals surface area contributed by atoms with Gasteiger partial charge in [0.1, 0.15) is 10.7 Å². The van der Waals surface area contributed by atoms with Crippen LogP contribution >= 0.6 is 11.3 Å². The van der Waals surface area contributed by atoms with Crippen LogP contribution in [0.15, 0.2) is 0 Å². The number of nitrogens with zero attached hydrogens (tertiary/aromatic N) is 2. The molecule has 7 nitrogen and oxygen atoms in total. The molecule has 0 unspecified atom stereocenters. The molecule has 0 aliphatic rings. The number of amides is 1. The van der Waals surface area contributed by atoms with Crippen LogP contribution in [0.2, 0.25) is 0 Å². The van der Waals surface area contributed by atoms with E-state index in [1.807, 2.05) is 18.9 Å². The van der Waals surface area contributed by atoms with E-state index in [0.717, 1.165) is 18.1 Å². The van der Waals surface area contributed by atoms with E-state index in [4.69, 9.17) is 15.2 Å².